The van der Waals surface area contributed by atoms with Crippen LogP contribution in [0.5, 0.6) is 5.75 Å². The SMILES string of the molecule is COc1ccccc1NS(=O)(=O)c1cccc(Nc2cc(Cl)ncn2)c1. The van der Waals surface area contributed by atoms with Crippen LogP contribution < -0.4 is 14.8 Å². The fourth-order valence-electron chi connectivity index (χ4n) is 2.22. The van der Waals surface area contributed by atoms with Crippen molar-refractivity contribution in [2.75, 3.05) is 17.1 Å². The van der Waals surface area contributed by atoms with Gasteiger partial charge >= 0.3 is 0 Å². The van der Waals surface area contributed by atoms with Crippen LogP contribution in [0, 0.1) is 0 Å². The van der Waals surface area contributed by atoms with Crippen molar-refractivity contribution < 1.29 is 13.2 Å². The summed E-state index contributed by atoms with van der Waals surface area (Å²) in [6.45, 7) is 0. The lowest BCUT2D eigenvalue weighted by atomic mass is 10.3. The highest BCUT2D eigenvalue weighted by atomic mass is 35.5. The van der Waals surface area contributed by atoms with E-state index in [0.717, 1.165) is 0 Å². The van der Waals surface area contributed by atoms with Gasteiger partial charge < -0.3 is 10.1 Å². The Morgan fingerprint density at radius 2 is 1.85 bits per heavy atom. The number of hydrogen-bond donors (Lipinski definition) is 2. The second kappa shape index (κ2) is 7.59. The summed E-state index contributed by atoms with van der Waals surface area (Å²) in [5, 5.41) is 3.27. The van der Waals surface area contributed by atoms with E-state index in [-0.39, 0.29) is 10.0 Å². The maximum absolute atomic E-state index is 12.7. The van der Waals surface area contributed by atoms with Crippen LogP contribution in [0.1, 0.15) is 0 Å². The van der Waals surface area contributed by atoms with Gasteiger partial charge in [-0.25, -0.2) is 18.4 Å². The number of hydrogen-bond acceptors (Lipinski definition) is 6. The topological polar surface area (TPSA) is 93.2 Å². The fraction of sp³-hybridized carbons (Fsp3) is 0.0588. The number of methoxy groups -OCH3 is 1. The second-order valence-corrected chi connectivity index (χ2v) is 7.25. The molecule has 134 valence electrons. The fourth-order valence-corrected chi connectivity index (χ4v) is 3.49. The smallest absolute Gasteiger partial charge is 0.262 e. The molecular formula is C17H15ClN4O3S. The lowest BCUT2D eigenvalue weighted by Gasteiger charge is -2.12. The first kappa shape index (κ1) is 18.0. The average Bonchev–Trinajstić information content (AvgIpc) is 2.62. The Bertz CT molecular complexity index is 1030. The van der Waals surface area contributed by atoms with Crippen LogP contribution in [0.2, 0.25) is 5.15 Å². The normalized spacial score (nSPS) is 11.0. The van der Waals surface area contributed by atoms with E-state index in [1.54, 1.807) is 36.4 Å². The van der Waals surface area contributed by atoms with Gasteiger partial charge in [-0.1, -0.05) is 29.8 Å². The zero-order valence-electron chi connectivity index (χ0n) is 13.7. The summed E-state index contributed by atoms with van der Waals surface area (Å²) < 4.78 is 33.1. The number of benzene rings is 2. The molecule has 1 aromatic heterocycles. The molecule has 0 aliphatic heterocycles. The summed E-state index contributed by atoms with van der Waals surface area (Å²) in [5.74, 6) is 0.887. The van der Waals surface area contributed by atoms with Gasteiger partial charge in [0.1, 0.15) is 23.0 Å². The molecule has 0 atom stereocenters. The van der Waals surface area contributed by atoms with Crippen LogP contribution in [-0.4, -0.2) is 25.5 Å². The highest BCUT2D eigenvalue weighted by molar-refractivity contribution is 7.92. The van der Waals surface area contributed by atoms with E-state index in [9.17, 15) is 8.42 Å². The van der Waals surface area contributed by atoms with Crippen molar-refractivity contribution in [3.63, 3.8) is 0 Å². The Hall–Kier alpha value is -2.84. The maximum atomic E-state index is 12.7. The highest BCUT2D eigenvalue weighted by Crippen LogP contribution is 2.27. The maximum Gasteiger partial charge on any atom is 0.262 e. The summed E-state index contributed by atoms with van der Waals surface area (Å²) in [5.41, 5.74) is 0.901. The third kappa shape index (κ3) is 4.22. The largest absolute Gasteiger partial charge is 0.495 e. The number of aromatic nitrogens is 2. The van der Waals surface area contributed by atoms with E-state index < -0.39 is 10.0 Å². The molecule has 0 fully saturated rings. The van der Waals surface area contributed by atoms with Crippen LogP contribution in [0.25, 0.3) is 0 Å². The molecule has 0 saturated heterocycles. The van der Waals surface area contributed by atoms with Crippen LogP contribution in [0.3, 0.4) is 0 Å². The predicted octanol–water partition coefficient (Wildman–Crippen LogP) is 3.68. The Morgan fingerprint density at radius 1 is 1.04 bits per heavy atom. The van der Waals surface area contributed by atoms with Crippen molar-refractivity contribution in [2.24, 2.45) is 0 Å². The third-order valence-electron chi connectivity index (χ3n) is 3.40. The lowest BCUT2D eigenvalue weighted by molar-refractivity contribution is 0.417. The monoisotopic (exact) mass is 390 g/mol. The number of anilines is 3. The molecule has 26 heavy (non-hydrogen) atoms. The molecule has 0 radical (unpaired) electrons. The van der Waals surface area contributed by atoms with Gasteiger partial charge in [0.05, 0.1) is 17.7 Å². The van der Waals surface area contributed by atoms with E-state index >= 15 is 0 Å². The number of para-hydroxylation sites is 2. The minimum Gasteiger partial charge on any atom is -0.495 e. The van der Waals surface area contributed by atoms with Gasteiger partial charge in [0.15, 0.2) is 0 Å². The molecular weight excluding hydrogens is 376 g/mol. The summed E-state index contributed by atoms with van der Waals surface area (Å²) >= 11 is 5.82. The van der Waals surface area contributed by atoms with Crippen molar-refractivity contribution >= 4 is 38.8 Å². The molecule has 0 aliphatic carbocycles. The van der Waals surface area contributed by atoms with Crippen molar-refractivity contribution in [1.82, 2.24) is 9.97 Å². The molecule has 0 bridgehead atoms. The van der Waals surface area contributed by atoms with Crippen LogP contribution in [0.4, 0.5) is 17.2 Å². The number of halogens is 1. The molecule has 2 N–H and O–H groups in total. The third-order valence-corrected chi connectivity index (χ3v) is 4.97. The molecule has 0 unspecified atom stereocenters. The van der Waals surface area contributed by atoms with Gasteiger partial charge in [-0.2, -0.15) is 0 Å². The van der Waals surface area contributed by atoms with Crippen molar-refractivity contribution in [2.45, 2.75) is 4.90 Å². The van der Waals surface area contributed by atoms with E-state index in [1.165, 1.54) is 31.6 Å². The van der Waals surface area contributed by atoms with Gasteiger partial charge in [0.25, 0.3) is 10.0 Å². The number of ether oxygens (including phenoxy) is 1. The number of nitrogens with zero attached hydrogens (tertiary/aromatic N) is 2. The predicted molar refractivity (Wildman–Crippen MR) is 101 cm³/mol. The van der Waals surface area contributed by atoms with Crippen molar-refractivity contribution in [3.05, 3.63) is 66.1 Å². The zero-order valence-corrected chi connectivity index (χ0v) is 15.3. The Labute approximate surface area is 156 Å². The summed E-state index contributed by atoms with van der Waals surface area (Å²) in [4.78, 5) is 7.92. The zero-order chi connectivity index (χ0) is 18.6. The molecule has 0 amide bonds. The van der Waals surface area contributed by atoms with Gasteiger partial charge in [-0.3, -0.25) is 4.72 Å². The molecule has 0 aliphatic rings. The summed E-state index contributed by atoms with van der Waals surface area (Å²) in [6, 6.07) is 14.7. The number of rotatable bonds is 6. The van der Waals surface area contributed by atoms with E-state index in [4.69, 9.17) is 16.3 Å². The second-order valence-electron chi connectivity index (χ2n) is 5.18. The standard InChI is InChI=1S/C17H15ClN4O3S/c1-25-15-8-3-2-7-14(15)22-26(23,24)13-6-4-5-12(9-13)21-17-10-16(18)19-11-20-17/h2-11,22H,1H3,(H,19,20,21). The quantitative estimate of drug-likeness (QED) is 0.623. The van der Waals surface area contributed by atoms with Crippen molar-refractivity contribution in [1.29, 1.82) is 0 Å². The molecule has 1 heterocycles. The first-order chi connectivity index (χ1) is 12.5. The van der Waals surface area contributed by atoms with Gasteiger partial charge in [-0.05, 0) is 30.3 Å². The average molecular weight is 391 g/mol. The number of nitrogens with one attached hydrogen (secondary N) is 2. The van der Waals surface area contributed by atoms with Crippen LogP contribution >= 0.6 is 11.6 Å². The first-order valence-corrected chi connectivity index (χ1v) is 9.34. The Morgan fingerprint density at radius 3 is 2.62 bits per heavy atom. The molecule has 3 rings (SSSR count). The summed E-state index contributed by atoms with van der Waals surface area (Å²) in [6.07, 6.45) is 1.31. The van der Waals surface area contributed by atoms with E-state index in [2.05, 4.69) is 20.0 Å². The first-order valence-electron chi connectivity index (χ1n) is 7.48. The van der Waals surface area contributed by atoms with E-state index in [1.807, 2.05) is 0 Å². The number of sulfonamides is 1. The van der Waals surface area contributed by atoms with Crippen molar-refractivity contribution in [3.8, 4) is 5.75 Å². The Kier molecular flexibility index (Phi) is 5.24. The van der Waals surface area contributed by atoms with Crippen LogP contribution in [-0.2, 0) is 10.0 Å². The lowest BCUT2D eigenvalue weighted by Crippen LogP contribution is -2.13. The Balaban J connectivity index is 1.86. The van der Waals surface area contributed by atoms with Gasteiger partial charge in [0.2, 0.25) is 0 Å². The molecule has 2 aromatic carbocycles. The molecule has 7 nitrogen and oxygen atoms in total. The molecule has 3 aromatic rings. The van der Waals surface area contributed by atoms with Gasteiger partial charge in [0, 0.05) is 11.8 Å². The van der Waals surface area contributed by atoms with Gasteiger partial charge in [-0.15, -0.1) is 0 Å². The molecule has 9 heteroatoms. The minimum atomic E-state index is -3.80. The summed E-state index contributed by atoms with van der Waals surface area (Å²) in [7, 11) is -2.32. The van der Waals surface area contributed by atoms with E-state index in [0.29, 0.717) is 22.9 Å². The molecule has 0 spiro atoms. The highest BCUT2D eigenvalue weighted by Gasteiger charge is 2.17. The molecule has 0 saturated carbocycles. The van der Waals surface area contributed by atoms with Crippen LogP contribution in [0.15, 0.2) is 65.8 Å². The minimum absolute atomic E-state index is 0.0913.